The van der Waals surface area contributed by atoms with Crippen LogP contribution in [-0.4, -0.2) is 91.5 Å². The second-order valence-electron chi connectivity index (χ2n) is 11.9. The number of nitrogens with zero attached hydrogens (tertiary/aromatic N) is 2. The maximum absolute atomic E-state index is 15.3. The number of hydrogen-bond donors (Lipinski definition) is 3. The Morgan fingerprint density at radius 1 is 1.14 bits per heavy atom. The molecule has 2 unspecified atom stereocenters. The number of halogens is 2. The number of carbonyl (C=O) groups excluding carboxylic acids is 1. The third kappa shape index (κ3) is 7.22. The van der Waals surface area contributed by atoms with Gasteiger partial charge in [-0.15, -0.1) is 0 Å². The van der Waals surface area contributed by atoms with Crippen molar-refractivity contribution < 1.29 is 36.6 Å². The van der Waals surface area contributed by atoms with Gasteiger partial charge in [0.2, 0.25) is 15.9 Å². The minimum Gasteiger partial charge on any atom is -0.465 e. The normalized spacial score (nSPS) is 26.2. The molecule has 2 amide bonds. The predicted octanol–water partition coefficient (Wildman–Crippen LogP) is 3.93. The van der Waals surface area contributed by atoms with Crippen LogP contribution >= 0.6 is 0 Å². The molecule has 0 spiro atoms. The Morgan fingerprint density at radius 3 is 2.61 bits per heavy atom. The van der Waals surface area contributed by atoms with E-state index >= 15 is 4.39 Å². The lowest BCUT2D eigenvalue weighted by atomic mass is 9.82. The van der Waals surface area contributed by atoms with Crippen molar-refractivity contribution in [3.05, 3.63) is 65.2 Å². The van der Waals surface area contributed by atoms with Crippen LogP contribution in [0.25, 0.3) is 0 Å². The first-order valence-corrected chi connectivity index (χ1v) is 16.8. The van der Waals surface area contributed by atoms with E-state index in [-0.39, 0.29) is 35.5 Å². The summed E-state index contributed by atoms with van der Waals surface area (Å²) in [7, 11) is -2.13. The van der Waals surface area contributed by atoms with Crippen LogP contribution in [0.2, 0.25) is 0 Å². The van der Waals surface area contributed by atoms with E-state index in [0.29, 0.717) is 44.5 Å². The van der Waals surface area contributed by atoms with Crippen molar-refractivity contribution in [2.45, 2.75) is 75.1 Å². The standard InChI is InChI=1S/C31H40F2N4O6S/c1-36(31(39)40)29(28(27-9-2-3-16-43-27)20-10-12-21(32)13-11-20)30(38)35-26-8-4-7-25(33)24(26)15-14-23-18-34-22-6-5-17-44(41,42)37(23)19-22/h4,7-8,10-13,22-23,27-29,34H,2-3,5-6,9,14-19H2,1H3,(H,35,38)(H,39,40)/t22-,23+,27?,28+,29+/m1/s1. The average Bonchev–Trinajstić information content (AvgIpc) is 3.12. The molecular weight excluding hydrogens is 594 g/mol. The SMILES string of the molecule is CN(C(=O)O)[C@H](C(=O)Nc1cccc(F)c1CC[C@H]1CN[C@@H]2CCCS(=O)(=O)N1C2)[C@@H](c1ccc(F)cc1)C1CCCCO1. The first kappa shape index (κ1) is 32.3. The summed E-state index contributed by atoms with van der Waals surface area (Å²) in [6, 6.07) is 8.32. The molecule has 3 saturated heterocycles. The van der Waals surface area contributed by atoms with Crippen molar-refractivity contribution in [3.8, 4) is 0 Å². The fraction of sp³-hybridized carbons (Fsp3) is 0.548. The van der Waals surface area contributed by atoms with Crippen molar-refractivity contribution in [1.29, 1.82) is 0 Å². The molecule has 240 valence electrons. The Kier molecular flexibility index (Phi) is 10.2. The number of hydrogen-bond acceptors (Lipinski definition) is 6. The van der Waals surface area contributed by atoms with Gasteiger partial charge in [0.05, 0.1) is 11.9 Å². The van der Waals surface area contributed by atoms with Gasteiger partial charge < -0.3 is 20.5 Å². The molecule has 0 radical (unpaired) electrons. The molecule has 6 atom stereocenters. The molecule has 13 heteroatoms. The van der Waals surface area contributed by atoms with Gasteiger partial charge in [0.1, 0.15) is 17.7 Å². The molecule has 0 saturated carbocycles. The predicted molar refractivity (Wildman–Crippen MR) is 161 cm³/mol. The number of carboxylic acid groups (broad SMARTS) is 1. The summed E-state index contributed by atoms with van der Waals surface area (Å²) in [6.45, 7) is 1.28. The van der Waals surface area contributed by atoms with Crippen molar-refractivity contribution in [2.24, 2.45) is 0 Å². The van der Waals surface area contributed by atoms with Crippen molar-refractivity contribution in [2.75, 3.05) is 37.8 Å². The highest BCUT2D eigenvalue weighted by Crippen LogP contribution is 2.35. The Balaban J connectivity index is 1.42. The minimum absolute atomic E-state index is 0.0844. The van der Waals surface area contributed by atoms with Crippen LogP contribution in [0.1, 0.15) is 55.6 Å². The fourth-order valence-corrected chi connectivity index (χ4v) is 8.53. The minimum atomic E-state index is -3.43. The highest BCUT2D eigenvalue weighted by Gasteiger charge is 2.42. The van der Waals surface area contributed by atoms with Crippen molar-refractivity contribution in [3.63, 3.8) is 0 Å². The average molecular weight is 635 g/mol. The molecule has 2 bridgehead atoms. The summed E-state index contributed by atoms with van der Waals surface area (Å²) in [5.74, 6) is -2.38. The zero-order valence-electron chi connectivity index (χ0n) is 24.8. The summed E-state index contributed by atoms with van der Waals surface area (Å²) in [5.41, 5.74) is 0.938. The molecule has 5 rings (SSSR count). The summed E-state index contributed by atoms with van der Waals surface area (Å²) in [6.07, 6.45) is 2.25. The smallest absolute Gasteiger partial charge is 0.407 e. The number of carbonyl (C=O) groups is 2. The third-order valence-corrected chi connectivity index (χ3v) is 11.0. The molecule has 3 aliphatic heterocycles. The van der Waals surface area contributed by atoms with Crippen LogP contribution in [0.5, 0.6) is 0 Å². The van der Waals surface area contributed by atoms with Gasteiger partial charge in [0.15, 0.2) is 0 Å². The molecule has 44 heavy (non-hydrogen) atoms. The van der Waals surface area contributed by atoms with Crippen molar-refractivity contribution >= 4 is 27.7 Å². The molecule has 0 aromatic heterocycles. The van der Waals surface area contributed by atoms with Crippen LogP contribution in [0.3, 0.4) is 0 Å². The van der Waals surface area contributed by atoms with E-state index in [1.54, 1.807) is 6.07 Å². The van der Waals surface area contributed by atoms with Crippen LogP contribution < -0.4 is 10.6 Å². The first-order valence-electron chi connectivity index (χ1n) is 15.2. The zero-order chi connectivity index (χ0) is 31.4. The van der Waals surface area contributed by atoms with E-state index in [1.165, 1.54) is 47.8 Å². The number of nitrogens with one attached hydrogen (secondary N) is 2. The molecule has 10 nitrogen and oxygen atoms in total. The molecular formula is C31H40F2N4O6S. The third-order valence-electron chi connectivity index (χ3n) is 9.06. The Morgan fingerprint density at radius 2 is 1.91 bits per heavy atom. The van der Waals surface area contributed by atoms with E-state index in [9.17, 15) is 27.5 Å². The number of fused-ring (bicyclic) bond motifs is 2. The number of amides is 2. The van der Waals surface area contributed by atoms with Crippen molar-refractivity contribution in [1.82, 2.24) is 14.5 Å². The molecule has 2 aromatic carbocycles. The maximum Gasteiger partial charge on any atom is 0.407 e. The summed E-state index contributed by atoms with van der Waals surface area (Å²) < 4.78 is 62.6. The molecule has 3 heterocycles. The monoisotopic (exact) mass is 634 g/mol. The molecule has 2 aromatic rings. The van der Waals surface area contributed by atoms with Gasteiger partial charge in [-0.3, -0.25) is 9.69 Å². The second kappa shape index (κ2) is 13.9. The summed E-state index contributed by atoms with van der Waals surface area (Å²) >= 11 is 0. The number of ether oxygens (including phenoxy) is 1. The second-order valence-corrected chi connectivity index (χ2v) is 13.9. The van der Waals surface area contributed by atoms with E-state index in [1.807, 2.05) is 0 Å². The van der Waals surface area contributed by atoms with Gasteiger partial charge in [-0.05, 0) is 74.8 Å². The van der Waals surface area contributed by atoms with Gasteiger partial charge in [0.25, 0.3) is 0 Å². The van der Waals surface area contributed by atoms with E-state index in [4.69, 9.17) is 4.74 Å². The lowest BCUT2D eigenvalue weighted by Crippen LogP contribution is -2.57. The van der Waals surface area contributed by atoms with Gasteiger partial charge in [-0.25, -0.2) is 22.0 Å². The molecule has 0 aliphatic carbocycles. The highest BCUT2D eigenvalue weighted by molar-refractivity contribution is 7.89. The molecule has 3 aliphatic rings. The van der Waals surface area contributed by atoms with Gasteiger partial charge in [0, 0.05) is 56.0 Å². The lowest BCUT2D eigenvalue weighted by molar-refractivity contribution is -0.123. The largest absolute Gasteiger partial charge is 0.465 e. The number of anilines is 1. The van der Waals surface area contributed by atoms with Gasteiger partial charge in [-0.1, -0.05) is 18.2 Å². The number of likely N-dealkylation sites (N-methyl/N-ethyl adjacent to an activating group) is 1. The summed E-state index contributed by atoms with van der Waals surface area (Å²) in [4.78, 5) is 27.2. The van der Waals surface area contributed by atoms with Crippen LogP contribution in [0.4, 0.5) is 19.3 Å². The zero-order valence-corrected chi connectivity index (χ0v) is 25.6. The first-order chi connectivity index (χ1) is 21.0. The fourth-order valence-electron chi connectivity index (χ4n) is 6.73. The topological polar surface area (TPSA) is 128 Å². The molecule has 3 fully saturated rings. The highest BCUT2D eigenvalue weighted by atomic mass is 32.2. The van der Waals surface area contributed by atoms with E-state index < -0.39 is 51.7 Å². The number of sulfonamides is 1. The quantitative estimate of drug-likeness (QED) is 0.381. The number of piperazine rings is 1. The molecule has 3 N–H and O–H groups in total. The number of rotatable bonds is 9. The Bertz CT molecular complexity index is 1440. The Labute approximate surface area is 256 Å². The van der Waals surface area contributed by atoms with Gasteiger partial charge >= 0.3 is 6.09 Å². The van der Waals surface area contributed by atoms with Crippen LogP contribution in [0, 0.1) is 11.6 Å². The Hall–Kier alpha value is -3.13. The van der Waals surface area contributed by atoms with Crippen LogP contribution in [0.15, 0.2) is 42.5 Å². The lowest BCUT2D eigenvalue weighted by Gasteiger charge is -2.38. The summed E-state index contributed by atoms with van der Waals surface area (Å²) in [5, 5.41) is 16.2. The van der Waals surface area contributed by atoms with E-state index in [2.05, 4.69) is 10.6 Å². The van der Waals surface area contributed by atoms with Crippen LogP contribution in [-0.2, 0) is 26.0 Å². The maximum atomic E-state index is 15.3. The number of benzene rings is 2. The van der Waals surface area contributed by atoms with E-state index in [0.717, 1.165) is 24.2 Å². The van der Waals surface area contributed by atoms with Gasteiger partial charge in [-0.2, -0.15) is 4.31 Å².